The summed E-state index contributed by atoms with van der Waals surface area (Å²) < 4.78 is 12.2. The molecule has 0 aliphatic heterocycles. The predicted octanol–water partition coefficient (Wildman–Crippen LogP) is 5.00. The molecule has 0 aliphatic rings. The zero-order chi connectivity index (χ0) is 20.8. The van der Waals surface area contributed by atoms with Crippen LogP contribution < -0.4 is 5.32 Å². The Balaban J connectivity index is 1.94. The van der Waals surface area contributed by atoms with Crippen LogP contribution in [0, 0.1) is 0 Å². The highest BCUT2D eigenvalue weighted by molar-refractivity contribution is 9.10. The van der Waals surface area contributed by atoms with Crippen LogP contribution in [0.25, 0.3) is 10.8 Å². The molecule has 0 aromatic heterocycles. The number of fused-ring (bicyclic) bond motifs is 1. The number of benzene rings is 3. The maximum Gasteiger partial charge on any atom is 0.412 e. The van der Waals surface area contributed by atoms with Crippen molar-refractivity contribution in [3.63, 3.8) is 0 Å². The number of rotatable bonds is 7. The summed E-state index contributed by atoms with van der Waals surface area (Å²) in [6.45, 7) is -0.122. The van der Waals surface area contributed by atoms with E-state index in [-0.39, 0.29) is 18.8 Å². The Labute approximate surface area is 177 Å². The lowest BCUT2D eigenvalue weighted by atomic mass is 9.95. The van der Waals surface area contributed by atoms with Gasteiger partial charge in [-0.2, -0.15) is 0 Å². The van der Waals surface area contributed by atoms with Gasteiger partial charge in [-0.15, -0.1) is 0 Å². The minimum atomic E-state index is -0.784. The van der Waals surface area contributed by atoms with E-state index in [0.29, 0.717) is 16.6 Å². The fourth-order valence-electron chi connectivity index (χ4n) is 3.21. The minimum Gasteiger partial charge on any atom is -0.507 e. The number of aliphatic hydroxyl groups is 1. The van der Waals surface area contributed by atoms with Crippen LogP contribution in [-0.2, 0) is 9.47 Å². The van der Waals surface area contributed by atoms with Gasteiger partial charge in [-0.3, -0.25) is 5.32 Å². The Morgan fingerprint density at radius 1 is 1.07 bits per heavy atom. The van der Waals surface area contributed by atoms with Gasteiger partial charge in [0.15, 0.2) is 6.10 Å². The van der Waals surface area contributed by atoms with Gasteiger partial charge in [0, 0.05) is 41.2 Å². The summed E-state index contributed by atoms with van der Waals surface area (Å²) in [6.07, 6.45) is -1.71. The van der Waals surface area contributed by atoms with E-state index in [2.05, 4.69) is 21.2 Å². The summed E-state index contributed by atoms with van der Waals surface area (Å²) >= 11 is 3.35. The first-order valence-electron chi connectivity index (χ1n) is 9.11. The molecule has 3 N–H and O–H groups in total. The number of aliphatic hydroxyl groups excluding tert-OH is 1. The van der Waals surface area contributed by atoms with E-state index in [4.69, 9.17) is 9.47 Å². The molecule has 0 saturated heterocycles. The number of phenols is 1. The number of halogens is 1. The Bertz CT molecular complexity index is 977. The van der Waals surface area contributed by atoms with Gasteiger partial charge in [-0.25, -0.2) is 4.79 Å². The Kier molecular flexibility index (Phi) is 7.09. The van der Waals surface area contributed by atoms with Crippen LogP contribution >= 0.6 is 15.9 Å². The number of phenolic OH excluding ortho intramolecular Hbond substituents is 1. The van der Waals surface area contributed by atoms with Crippen LogP contribution in [0.3, 0.4) is 0 Å². The zero-order valence-electron chi connectivity index (χ0n) is 15.8. The largest absolute Gasteiger partial charge is 0.507 e. The molecule has 7 heteroatoms. The molecule has 152 valence electrons. The first-order chi connectivity index (χ1) is 14.0. The van der Waals surface area contributed by atoms with Crippen LogP contribution in [-0.4, -0.2) is 36.1 Å². The van der Waals surface area contributed by atoms with Crippen molar-refractivity contribution in [3.05, 3.63) is 70.7 Å². The molecule has 6 nitrogen and oxygen atoms in total. The quantitative estimate of drug-likeness (QED) is 0.462. The van der Waals surface area contributed by atoms with Crippen LogP contribution in [0.4, 0.5) is 10.5 Å². The van der Waals surface area contributed by atoms with Gasteiger partial charge in [-0.05, 0) is 35.7 Å². The van der Waals surface area contributed by atoms with Crippen molar-refractivity contribution in [1.82, 2.24) is 0 Å². The molecule has 0 fully saturated rings. The Morgan fingerprint density at radius 2 is 1.76 bits per heavy atom. The SMILES string of the molecule is CO[C@H](CCO)[C@H](OC(=O)Nc1ccc(Br)cc1)c1ccc(O)c2ccccc12. The predicted molar refractivity (Wildman–Crippen MR) is 115 cm³/mol. The van der Waals surface area contributed by atoms with Crippen LogP contribution in [0.2, 0.25) is 0 Å². The second kappa shape index (κ2) is 9.73. The van der Waals surface area contributed by atoms with Crippen LogP contribution in [0.5, 0.6) is 5.75 Å². The molecule has 0 heterocycles. The smallest absolute Gasteiger partial charge is 0.412 e. The third kappa shape index (κ3) is 5.06. The molecular weight excluding hydrogens is 438 g/mol. The molecule has 2 atom stereocenters. The molecule has 29 heavy (non-hydrogen) atoms. The molecule has 3 aromatic rings. The molecule has 0 saturated carbocycles. The zero-order valence-corrected chi connectivity index (χ0v) is 17.4. The Morgan fingerprint density at radius 3 is 2.41 bits per heavy atom. The summed E-state index contributed by atoms with van der Waals surface area (Å²) in [4.78, 5) is 12.6. The highest BCUT2D eigenvalue weighted by atomic mass is 79.9. The number of aromatic hydroxyl groups is 1. The number of amides is 1. The molecule has 0 unspecified atom stereocenters. The third-order valence-corrected chi connectivity index (χ3v) is 5.15. The van der Waals surface area contributed by atoms with Crippen molar-refractivity contribution in [3.8, 4) is 5.75 Å². The van der Waals surface area contributed by atoms with Gasteiger partial charge in [-0.1, -0.05) is 46.3 Å². The number of carbonyl (C=O) groups excluding carboxylic acids is 1. The lowest BCUT2D eigenvalue weighted by Gasteiger charge is -2.27. The van der Waals surface area contributed by atoms with E-state index in [1.54, 1.807) is 30.3 Å². The van der Waals surface area contributed by atoms with Crippen molar-refractivity contribution < 1.29 is 24.5 Å². The maximum absolute atomic E-state index is 12.6. The molecular formula is C22H22BrNO5. The molecule has 3 rings (SSSR count). The monoisotopic (exact) mass is 459 g/mol. The summed E-state index contributed by atoms with van der Waals surface area (Å²) in [5.41, 5.74) is 1.27. The van der Waals surface area contributed by atoms with Gasteiger partial charge in [0.05, 0.1) is 0 Å². The minimum absolute atomic E-state index is 0.122. The molecule has 3 aromatic carbocycles. The summed E-state index contributed by atoms with van der Waals surface area (Å²) in [7, 11) is 1.51. The third-order valence-electron chi connectivity index (χ3n) is 4.62. The number of hydrogen-bond acceptors (Lipinski definition) is 5. The number of ether oxygens (including phenoxy) is 2. The Hall–Kier alpha value is -2.61. The number of nitrogens with one attached hydrogen (secondary N) is 1. The topological polar surface area (TPSA) is 88.0 Å². The van der Waals surface area contributed by atoms with E-state index in [1.807, 2.05) is 30.3 Å². The van der Waals surface area contributed by atoms with Crippen molar-refractivity contribution in [2.45, 2.75) is 18.6 Å². The maximum atomic E-state index is 12.6. The van der Waals surface area contributed by atoms with Crippen LogP contribution in [0.15, 0.2) is 65.1 Å². The van der Waals surface area contributed by atoms with E-state index in [0.717, 1.165) is 9.86 Å². The van der Waals surface area contributed by atoms with E-state index < -0.39 is 18.3 Å². The first kappa shape index (κ1) is 21.1. The molecule has 1 amide bonds. The van der Waals surface area contributed by atoms with Crippen molar-refractivity contribution in [2.75, 3.05) is 19.0 Å². The lowest BCUT2D eigenvalue weighted by molar-refractivity contribution is -0.0299. The second-order valence-corrected chi connectivity index (χ2v) is 7.38. The van der Waals surface area contributed by atoms with E-state index in [1.165, 1.54) is 7.11 Å². The van der Waals surface area contributed by atoms with Gasteiger partial charge in [0.25, 0.3) is 0 Å². The molecule has 0 spiro atoms. The highest BCUT2D eigenvalue weighted by Gasteiger charge is 2.29. The fourth-order valence-corrected chi connectivity index (χ4v) is 3.47. The standard InChI is InChI=1S/C22H22BrNO5/c1-28-20(12-13-25)21(29-22(27)24-15-8-6-14(23)7-9-15)18-10-11-19(26)17-5-3-2-4-16(17)18/h2-11,20-21,25-26H,12-13H2,1H3,(H,24,27)/t20-,21-/m1/s1. The number of hydrogen-bond donors (Lipinski definition) is 3. The molecule has 0 bridgehead atoms. The summed E-state index contributed by atoms with van der Waals surface area (Å²) in [5, 5.41) is 23.7. The van der Waals surface area contributed by atoms with Crippen LogP contribution in [0.1, 0.15) is 18.1 Å². The van der Waals surface area contributed by atoms with Crippen molar-refractivity contribution >= 4 is 38.5 Å². The number of carbonyl (C=O) groups is 1. The normalized spacial score (nSPS) is 13.1. The van der Waals surface area contributed by atoms with E-state index >= 15 is 0 Å². The first-order valence-corrected chi connectivity index (χ1v) is 9.90. The van der Waals surface area contributed by atoms with Gasteiger partial charge in [0.2, 0.25) is 0 Å². The molecule has 0 radical (unpaired) electrons. The number of anilines is 1. The fraction of sp³-hybridized carbons (Fsp3) is 0.227. The van der Waals surface area contributed by atoms with E-state index in [9.17, 15) is 15.0 Å². The van der Waals surface area contributed by atoms with Gasteiger partial charge < -0.3 is 19.7 Å². The average Bonchev–Trinajstić information content (AvgIpc) is 2.73. The molecule has 0 aliphatic carbocycles. The summed E-state index contributed by atoms with van der Waals surface area (Å²) in [5.74, 6) is 0.138. The van der Waals surface area contributed by atoms with Crippen molar-refractivity contribution in [1.29, 1.82) is 0 Å². The van der Waals surface area contributed by atoms with Gasteiger partial charge in [0.1, 0.15) is 11.9 Å². The average molecular weight is 460 g/mol. The second-order valence-electron chi connectivity index (χ2n) is 6.46. The van der Waals surface area contributed by atoms with Crippen molar-refractivity contribution in [2.24, 2.45) is 0 Å². The number of methoxy groups -OCH3 is 1. The highest BCUT2D eigenvalue weighted by Crippen LogP contribution is 2.35. The lowest BCUT2D eigenvalue weighted by Crippen LogP contribution is -2.29. The summed E-state index contributed by atoms with van der Waals surface area (Å²) in [6, 6.07) is 17.7. The van der Waals surface area contributed by atoms with Gasteiger partial charge >= 0.3 is 6.09 Å².